The molecule has 6 aromatic carbocycles. The maximum atomic E-state index is 9.10. The molecule has 65 heavy (non-hydrogen) atoms. The first kappa shape index (κ1) is 32.3. The van der Waals surface area contributed by atoms with Crippen LogP contribution in [0.2, 0.25) is 0 Å². The number of hydrogen-bond acceptors (Lipinski definition) is 6. The van der Waals surface area contributed by atoms with Gasteiger partial charge in [0.05, 0.1) is 44.6 Å². The molecule has 5 heterocycles. The van der Waals surface area contributed by atoms with E-state index >= 15 is 0 Å². The molecule has 0 atom stereocenters. The second-order valence-corrected chi connectivity index (χ2v) is 15.4. The van der Waals surface area contributed by atoms with E-state index < -0.39 is 19.1 Å². The van der Waals surface area contributed by atoms with Crippen LogP contribution in [0.15, 0.2) is 219 Å². The van der Waals surface area contributed by atoms with Crippen LogP contribution in [0.4, 0.5) is 22.7 Å². The molecule has 11 rings (SSSR count). The van der Waals surface area contributed by atoms with Crippen LogP contribution in [-0.2, 0) is 6.98 Å². The molecule has 310 valence electrons. The first-order chi connectivity index (χ1) is 35.1. The quantitative estimate of drug-likeness (QED) is 0.156. The Balaban J connectivity index is 1.01. The van der Waals surface area contributed by atoms with Crippen LogP contribution >= 0.6 is 0 Å². The van der Waals surface area contributed by atoms with Crippen LogP contribution in [0.5, 0.6) is 11.5 Å². The average Bonchev–Trinajstić information content (AvgIpc) is 4.08. The summed E-state index contributed by atoms with van der Waals surface area (Å²) in [5.74, 6) is 4.98. The van der Waals surface area contributed by atoms with Gasteiger partial charge < -0.3 is 29.7 Å². The summed E-state index contributed by atoms with van der Waals surface area (Å²) in [6, 6.07) is 33.3. The number of allylic oxidation sites excluding steroid dienone is 8. The van der Waals surface area contributed by atoms with Crippen LogP contribution in [0.25, 0.3) is 49.7 Å². The monoisotopic (exact) mass is 846 g/mol. The van der Waals surface area contributed by atoms with Crippen molar-refractivity contribution in [1.82, 2.24) is 24.8 Å². The summed E-state index contributed by atoms with van der Waals surface area (Å²) < 4.78 is 70.5. The van der Waals surface area contributed by atoms with Gasteiger partial charge in [0.1, 0.15) is 18.2 Å². The fraction of sp³-hybridized carbons (Fsp3) is 0.0364. The minimum Gasteiger partial charge on any atom is -0.457 e. The van der Waals surface area contributed by atoms with E-state index in [2.05, 4.69) is 83.5 Å². The highest BCUT2D eigenvalue weighted by molar-refractivity contribution is 6.67. The van der Waals surface area contributed by atoms with Gasteiger partial charge >= 0.3 is 0 Å². The molecule has 3 aliphatic heterocycles. The molecule has 0 saturated carbocycles. The number of aromatic nitrogens is 3. The van der Waals surface area contributed by atoms with E-state index in [4.69, 9.17) is 19.3 Å². The normalized spacial score (nSPS) is 21.0. The molecule has 0 aliphatic carbocycles. The number of anilines is 4. The van der Waals surface area contributed by atoms with E-state index in [1.54, 1.807) is 42.5 Å². The van der Waals surface area contributed by atoms with Gasteiger partial charge in [0.2, 0.25) is 5.95 Å². The first-order valence-corrected chi connectivity index (χ1v) is 21.2. The van der Waals surface area contributed by atoms with Crippen LogP contribution < -0.4 is 25.2 Å². The van der Waals surface area contributed by atoms with Crippen molar-refractivity contribution in [1.29, 1.82) is 0 Å². The minimum atomic E-state index is -2.69. The number of fused-ring (bicyclic) bond motifs is 5. The Morgan fingerprint density at radius 3 is 2.06 bits per heavy atom. The second kappa shape index (κ2) is 17.4. The molecule has 3 aliphatic rings. The molecular formula is C55H43B2N7O. The molecule has 0 unspecified atom stereocenters. The molecule has 2 aromatic heterocycles. The number of ether oxygens (including phenoxy) is 1. The van der Waals surface area contributed by atoms with E-state index in [0.717, 1.165) is 49.4 Å². The highest BCUT2D eigenvalue weighted by Gasteiger charge is 2.32. The molecule has 8 aromatic rings. The predicted molar refractivity (Wildman–Crippen MR) is 272 cm³/mol. The molecule has 2 N–H and O–H groups in total. The summed E-state index contributed by atoms with van der Waals surface area (Å²) in [6.45, 7) is -2.24. The molecule has 8 nitrogen and oxygen atoms in total. The third-order valence-electron chi connectivity index (χ3n) is 11.5. The summed E-state index contributed by atoms with van der Waals surface area (Å²) in [7, 11) is 4.25. The van der Waals surface area contributed by atoms with E-state index in [9.17, 15) is 0 Å². The van der Waals surface area contributed by atoms with Gasteiger partial charge in [0, 0.05) is 64.5 Å². The van der Waals surface area contributed by atoms with Gasteiger partial charge in [-0.05, 0) is 90.0 Å². The minimum absolute atomic E-state index is 0.0177. The SMILES string of the molecule is [2H]c1c([2H])c([2H])c2c(c1[2H])c1ccc(Oc3cccc(N4CN(c5c(/C6=C/C=C\N/C=C\C=C/[B]6)cccc5/C5=C/C=C\N/C=C\C=C/[B]5)c5ccccc54)c3)cc1n2-c1nc2ccccc2n1C([2H])([2H])[2H]. The number of rotatable bonds is 7. The van der Waals surface area contributed by atoms with Crippen molar-refractivity contribution in [3.05, 3.63) is 230 Å². The lowest BCUT2D eigenvalue weighted by molar-refractivity contribution is 0.483. The van der Waals surface area contributed by atoms with E-state index in [0.29, 0.717) is 40.1 Å². The average molecular weight is 847 g/mol. The first-order valence-electron chi connectivity index (χ1n) is 24.7. The van der Waals surface area contributed by atoms with Crippen LogP contribution in [0.3, 0.4) is 0 Å². The standard InChI is InChI=1S/C55H43B2N7O/c1-61-50-25-5-3-23-48(50)60-55(61)64-49-24-4-2-18-42(49)43-29-28-41(37-53(43)64)65-40-17-12-16-39(36-40)62-38-63(52-27-7-6-26-51(52)62)54-44(46-21-14-34-58-32-10-8-30-56-46)19-13-20-45(54)47-22-15-35-59-33-11-9-31-57-47/h2-37,58-59H,38H2,1H3/b30-8-,31-9-,32-10-,33-11-,34-14-,35-15-,46-21-,47-22-/i1D3,2D,4D,18D,24D. The lowest BCUT2D eigenvalue weighted by Gasteiger charge is -2.28. The zero-order valence-electron chi connectivity index (χ0n) is 42.0. The van der Waals surface area contributed by atoms with Crippen LogP contribution in [0.1, 0.15) is 20.7 Å². The van der Waals surface area contributed by atoms with Gasteiger partial charge in [-0.15, -0.1) is 12.0 Å². The van der Waals surface area contributed by atoms with Crippen molar-refractivity contribution in [2.75, 3.05) is 16.5 Å². The van der Waals surface area contributed by atoms with Crippen molar-refractivity contribution < 1.29 is 14.3 Å². The van der Waals surface area contributed by atoms with E-state index in [1.165, 1.54) is 4.57 Å². The Bertz CT molecular complexity index is 3660. The largest absolute Gasteiger partial charge is 0.457 e. The van der Waals surface area contributed by atoms with Crippen molar-refractivity contribution >= 4 is 81.1 Å². The van der Waals surface area contributed by atoms with E-state index in [-0.39, 0.29) is 28.9 Å². The molecule has 10 heteroatoms. The van der Waals surface area contributed by atoms with Crippen molar-refractivity contribution in [2.24, 2.45) is 6.98 Å². The van der Waals surface area contributed by atoms with Crippen molar-refractivity contribution in [3.8, 4) is 17.4 Å². The fourth-order valence-electron chi connectivity index (χ4n) is 8.57. The van der Waals surface area contributed by atoms with Crippen molar-refractivity contribution in [2.45, 2.75) is 0 Å². The Morgan fingerprint density at radius 2 is 1.29 bits per heavy atom. The number of nitrogens with zero attached hydrogens (tertiary/aromatic N) is 5. The predicted octanol–water partition coefficient (Wildman–Crippen LogP) is 12.1. The molecule has 0 saturated heterocycles. The Hall–Kier alpha value is -8.36. The highest BCUT2D eigenvalue weighted by atomic mass is 16.5. The topological polar surface area (TPSA) is 62.5 Å². The molecule has 0 fully saturated rings. The Morgan fingerprint density at radius 1 is 0.615 bits per heavy atom. The number of aryl methyl sites for hydroxylation is 1. The lowest BCUT2D eigenvalue weighted by Crippen LogP contribution is -2.26. The maximum Gasteiger partial charge on any atom is 0.215 e. The van der Waals surface area contributed by atoms with Gasteiger partial charge in [0.15, 0.2) is 14.6 Å². The molecular weight excluding hydrogens is 796 g/mol. The summed E-state index contributed by atoms with van der Waals surface area (Å²) in [4.78, 5) is 9.40. The Labute approximate surface area is 389 Å². The second-order valence-electron chi connectivity index (χ2n) is 15.4. The number of para-hydroxylation sites is 6. The number of imidazole rings is 1. The summed E-state index contributed by atoms with van der Waals surface area (Å²) in [5.41, 5.74) is 9.27. The fourth-order valence-corrected chi connectivity index (χ4v) is 8.57. The van der Waals surface area contributed by atoms with Gasteiger partial charge in [-0.3, -0.25) is 4.57 Å². The summed E-state index contributed by atoms with van der Waals surface area (Å²) in [6.07, 6.45) is 23.7. The number of hydrogen-bond donors (Lipinski definition) is 2. The number of nitrogens with one attached hydrogen (secondary N) is 2. The van der Waals surface area contributed by atoms with Gasteiger partial charge in [-0.25, -0.2) is 4.98 Å². The summed E-state index contributed by atoms with van der Waals surface area (Å²) in [5, 5.41) is 7.11. The zero-order valence-corrected chi connectivity index (χ0v) is 35.0. The summed E-state index contributed by atoms with van der Waals surface area (Å²) >= 11 is 0. The number of benzene rings is 6. The molecule has 2 radical (unpaired) electrons. The van der Waals surface area contributed by atoms with Gasteiger partial charge in [-0.1, -0.05) is 102 Å². The smallest absolute Gasteiger partial charge is 0.215 e. The third-order valence-corrected chi connectivity index (χ3v) is 11.5. The van der Waals surface area contributed by atoms with Crippen LogP contribution in [0, 0.1) is 0 Å². The van der Waals surface area contributed by atoms with Crippen molar-refractivity contribution in [3.63, 3.8) is 0 Å². The third kappa shape index (κ3) is 7.55. The zero-order chi connectivity index (χ0) is 49.5. The highest BCUT2D eigenvalue weighted by Crippen LogP contribution is 2.49. The lowest BCUT2D eigenvalue weighted by atomic mass is 9.63. The van der Waals surface area contributed by atoms with Gasteiger partial charge in [0.25, 0.3) is 0 Å². The maximum absolute atomic E-state index is 9.10. The molecule has 0 amide bonds. The van der Waals surface area contributed by atoms with E-state index in [1.807, 2.05) is 104 Å². The van der Waals surface area contributed by atoms with Gasteiger partial charge in [-0.2, -0.15) is 0 Å². The molecule has 0 bridgehead atoms. The Kier molecular flexibility index (Phi) is 8.67. The van der Waals surface area contributed by atoms with Crippen LogP contribution in [-0.4, -0.2) is 35.3 Å². The molecule has 0 spiro atoms.